The number of hydrogen-bond acceptors (Lipinski definition) is 2. The number of hydrogen-bond donors (Lipinski definition) is 2. The molecule has 3 nitrogen and oxygen atoms in total. The van der Waals surface area contributed by atoms with E-state index < -0.39 is 5.60 Å². The van der Waals surface area contributed by atoms with Crippen LogP contribution in [0, 0.1) is 6.92 Å². The summed E-state index contributed by atoms with van der Waals surface area (Å²) in [6.07, 6.45) is 1.11. The van der Waals surface area contributed by atoms with E-state index in [0.29, 0.717) is 30.0 Å². The summed E-state index contributed by atoms with van der Waals surface area (Å²) < 4.78 is 0. The monoisotopic (exact) mass is 423 g/mol. The summed E-state index contributed by atoms with van der Waals surface area (Å²) in [7, 11) is 0. The van der Waals surface area contributed by atoms with Crippen LogP contribution in [0.2, 0.25) is 5.02 Å². The van der Waals surface area contributed by atoms with Crippen molar-refractivity contribution in [2.24, 2.45) is 0 Å². The third-order valence-electron chi connectivity index (χ3n) is 4.89. The predicted molar refractivity (Wildman–Crippen MR) is 125 cm³/mol. The molecular formula is C26H30ClNO2. The van der Waals surface area contributed by atoms with Crippen molar-refractivity contribution in [3.05, 3.63) is 106 Å². The van der Waals surface area contributed by atoms with E-state index in [1.54, 1.807) is 24.3 Å². The lowest BCUT2D eigenvalue weighted by Crippen LogP contribution is -2.30. The van der Waals surface area contributed by atoms with Crippen LogP contribution in [0.15, 0.2) is 78.9 Å². The van der Waals surface area contributed by atoms with E-state index in [1.807, 2.05) is 75.4 Å². The second-order valence-electron chi connectivity index (χ2n) is 6.96. The molecule has 0 radical (unpaired) electrons. The smallest absolute Gasteiger partial charge is 0.251 e. The lowest BCUT2D eigenvalue weighted by Gasteiger charge is -2.30. The van der Waals surface area contributed by atoms with Crippen LogP contribution in [0.1, 0.15) is 53.7 Å². The summed E-state index contributed by atoms with van der Waals surface area (Å²) in [6.45, 7) is 6.50. The molecule has 0 fully saturated rings. The van der Waals surface area contributed by atoms with Crippen LogP contribution in [-0.2, 0) is 5.60 Å². The third kappa shape index (κ3) is 6.19. The quantitative estimate of drug-likeness (QED) is 0.449. The molecule has 1 atom stereocenters. The van der Waals surface area contributed by atoms with Crippen LogP contribution in [0.4, 0.5) is 0 Å². The van der Waals surface area contributed by atoms with E-state index >= 15 is 0 Å². The van der Waals surface area contributed by atoms with E-state index in [4.69, 9.17) is 11.6 Å². The molecule has 1 unspecified atom stereocenters. The van der Waals surface area contributed by atoms with Crippen molar-refractivity contribution in [2.45, 2.75) is 39.2 Å². The average molecular weight is 424 g/mol. The lowest BCUT2D eigenvalue weighted by atomic mass is 9.82. The Hall–Kier alpha value is -2.62. The molecule has 0 saturated carbocycles. The van der Waals surface area contributed by atoms with Crippen molar-refractivity contribution in [2.75, 3.05) is 6.54 Å². The maximum atomic E-state index is 12.2. The Labute approximate surface area is 184 Å². The number of carbonyl (C=O) groups is 1. The van der Waals surface area contributed by atoms with Crippen LogP contribution >= 0.6 is 11.6 Å². The highest BCUT2D eigenvalue weighted by atomic mass is 35.5. The zero-order chi connectivity index (χ0) is 22.0. The fraction of sp³-hybridized carbons (Fsp3) is 0.269. The van der Waals surface area contributed by atoms with Crippen LogP contribution in [0.5, 0.6) is 0 Å². The van der Waals surface area contributed by atoms with Crippen LogP contribution < -0.4 is 5.32 Å². The Kier molecular flexibility index (Phi) is 9.10. The molecule has 158 valence electrons. The van der Waals surface area contributed by atoms with E-state index in [0.717, 1.165) is 16.7 Å². The first-order valence-electron chi connectivity index (χ1n) is 10.4. The second kappa shape index (κ2) is 11.5. The molecular weight excluding hydrogens is 394 g/mol. The minimum Gasteiger partial charge on any atom is -0.380 e. The Morgan fingerprint density at radius 3 is 2.00 bits per heavy atom. The molecule has 0 heterocycles. The normalized spacial score (nSPS) is 12.3. The Morgan fingerprint density at radius 2 is 1.43 bits per heavy atom. The van der Waals surface area contributed by atoms with Crippen LogP contribution in [0.3, 0.4) is 0 Å². The van der Waals surface area contributed by atoms with Gasteiger partial charge in [-0.2, -0.15) is 0 Å². The average Bonchev–Trinajstić information content (AvgIpc) is 2.79. The molecule has 2 N–H and O–H groups in total. The number of aryl methyl sites for hydroxylation is 1. The molecule has 1 amide bonds. The predicted octanol–water partition coefficient (Wildman–Crippen LogP) is 6.12. The highest BCUT2D eigenvalue weighted by molar-refractivity contribution is 6.30. The molecule has 3 rings (SSSR count). The number of halogens is 1. The van der Waals surface area contributed by atoms with Gasteiger partial charge in [0.1, 0.15) is 5.60 Å². The molecule has 0 saturated heterocycles. The van der Waals surface area contributed by atoms with Crippen molar-refractivity contribution >= 4 is 17.5 Å². The van der Waals surface area contributed by atoms with Gasteiger partial charge in [0.2, 0.25) is 0 Å². The standard InChI is InChI=1S/C24H24ClNO2.C2H6/c1-18-8-10-20(11-9-18)24(28,21-12-14-22(25)15-13-21)16-5-17-26-23(27)19-6-3-2-4-7-19;1-2/h2-4,6-15,28H,5,16-17H2,1H3,(H,26,27);1-2H3. The fourth-order valence-corrected chi connectivity index (χ4v) is 3.37. The minimum absolute atomic E-state index is 0.106. The molecule has 4 heteroatoms. The van der Waals surface area contributed by atoms with Crippen molar-refractivity contribution in [1.29, 1.82) is 0 Å². The molecule has 0 aromatic heterocycles. The summed E-state index contributed by atoms with van der Waals surface area (Å²) >= 11 is 6.02. The maximum absolute atomic E-state index is 12.2. The zero-order valence-electron chi connectivity index (χ0n) is 17.9. The molecule has 0 aliphatic rings. The first-order chi connectivity index (χ1) is 14.5. The van der Waals surface area contributed by atoms with Crippen molar-refractivity contribution in [1.82, 2.24) is 5.32 Å². The Balaban J connectivity index is 0.00000155. The highest BCUT2D eigenvalue weighted by Gasteiger charge is 2.31. The largest absolute Gasteiger partial charge is 0.380 e. The molecule has 3 aromatic carbocycles. The second-order valence-corrected chi connectivity index (χ2v) is 7.40. The summed E-state index contributed by atoms with van der Waals surface area (Å²) in [5.41, 5.74) is 2.24. The number of rotatable bonds is 7. The van der Waals surface area contributed by atoms with Gasteiger partial charge in [-0.1, -0.05) is 85.6 Å². The van der Waals surface area contributed by atoms with Gasteiger partial charge in [-0.05, 0) is 55.2 Å². The van der Waals surface area contributed by atoms with E-state index in [1.165, 1.54) is 0 Å². The summed E-state index contributed by atoms with van der Waals surface area (Å²) in [4.78, 5) is 12.2. The number of carbonyl (C=O) groups excluding carboxylic acids is 1. The summed E-state index contributed by atoms with van der Waals surface area (Å²) in [6, 6.07) is 24.3. The number of aliphatic hydroxyl groups is 1. The van der Waals surface area contributed by atoms with Gasteiger partial charge >= 0.3 is 0 Å². The van der Waals surface area contributed by atoms with Gasteiger partial charge in [-0.15, -0.1) is 0 Å². The van der Waals surface area contributed by atoms with E-state index in [2.05, 4.69) is 5.32 Å². The number of benzene rings is 3. The van der Waals surface area contributed by atoms with Crippen molar-refractivity contribution in [3.63, 3.8) is 0 Å². The summed E-state index contributed by atoms with van der Waals surface area (Å²) in [5, 5.41) is 15.1. The molecule has 3 aromatic rings. The molecule has 0 aliphatic carbocycles. The van der Waals surface area contributed by atoms with Gasteiger partial charge in [-0.25, -0.2) is 0 Å². The van der Waals surface area contributed by atoms with Gasteiger partial charge < -0.3 is 10.4 Å². The van der Waals surface area contributed by atoms with E-state index in [9.17, 15) is 9.90 Å². The van der Waals surface area contributed by atoms with Crippen LogP contribution in [-0.4, -0.2) is 17.6 Å². The molecule has 0 aliphatic heterocycles. The van der Waals surface area contributed by atoms with E-state index in [-0.39, 0.29) is 5.91 Å². The topological polar surface area (TPSA) is 49.3 Å². The summed E-state index contributed by atoms with van der Waals surface area (Å²) in [5.74, 6) is -0.106. The first-order valence-corrected chi connectivity index (χ1v) is 10.8. The number of amides is 1. The van der Waals surface area contributed by atoms with Crippen molar-refractivity contribution < 1.29 is 9.90 Å². The first kappa shape index (κ1) is 23.7. The maximum Gasteiger partial charge on any atom is 0.251 e. The van der Waals surface area contributed by atoms with Gasteiger partial charge in [0.25, 0.3) is 5.91 Å². The molecule has 0 bridgehead atoms. The number of nitrogens with one attached hydrogen (secondary N) is 1. The van der Waals surface area contributed by atoms with Crippen molar-refractivity contribution in [3.8, 4) is 0 Å². The molecule has 0 spiro atoms. The van der Waals surface area contributed by atoms with Gasteiger partial charge in [-0.3, -0.25) is 4.79 Å². The SMILES string of the molecule is CC.Cc1ccc(C(O)(CCCNC(=O)c2ccccc2)c2ccc(Cl)cc2)cc1. The van der Waals surface area contributed by atoms with Gasteiger partial charge in [0, 0.05) is 17.1 Å². The Morgan fingerprint density at radius 1 is 0.900 bits per heavy atom. The Bertz CT molecular complexity index is 861. The third-order valence-corrected chi connectivity index (χ3v) is 5.14. The highest BCUT2D eigenvalue weighted by Crippen LogP contribution is 2.34. The van der Waals surface area contributed by atoms with Gasteiger partial charge in [0.05, 0.1) is 0 Å². The lowest BCUT2D eigenvalue weighted by molar-refractivity contribution is 0.0679. The van der Waals surface area contributed by atoms with Gasteiger partial charge in [0.15, 0.2) is 0 Å². The molecule has 30 heavy (non-hydrogen) atoms. The van der Waals surface area contributed by atoms with Crippen LogP contribution in [0.25, 0.3) is 0 Å². The fourth-order valence-electron chi connectivity index (χ4n) is 3.25. The zero-order valence-corrected chi connectivity index (χ0v) is 18.6. The minimum atomic E-state index is -1.14.